The molecule has 0 bridgehead atoms. The summed E-state index contributed by atoms with van der Waals surface area (Å²) in [5.74, 6) is -2.01. The SMILES string of the molecule is C[C@H](CC1NNCN1C)C1CC(NCCO)NC(N2CC3C(CCCC3C(F)(F)F)C2=O)C1. The highest BCUT2D eigenvalue weighted by atomic mass is 19.4. The molecule has 3 saturated heterocycles. The summed E-state index contributed by atoms with van der Waals surface area (Å²) in [6, 6.07) is 0. The zero-order valence-corrected chi connectivity index (χ0v) is 19.6. The summed E-state index contributed by atoms with van der Waals surface area (Å²) in [6.07, 6.45) is -0.769. The zero-order valence-electron chi connectivity index (χ0n) is 19.6. The third kappa shape index (κ3) is 5.48. The van der Waals surface area contributed by atoms with E-state index >= 15 is 0 Å². The van der Waals surface area contributed by atoms with E-state index in [-0.39, 0.29) is 44.0 Å². The summed E-state index contributed by atoms with van der Waals surface area (Å²) in [6.45, 7) is 3.60. The van der Waals surface area contributed by atoms with E-state index in [0.717, 1.165) is 25.9 Å². The lowest BCUT2D eigenvalue weighted by molar-refractivity contribution is -0.198. The lowest BCUT2D eigenvalue weighted by Gasteiger charge is -2.43. The Kier molecular flexibility index (Phi) is 7.86. The van der Waals surface area contributed by atoms with Crippen molar-refractivity contribution in [3.05, 3.63) is 0 Å². The van der Waals surface area contributed by atoms with Crippen molar-refractivity contribution in [3.8, 4) is 0 Å². The lowest BCUT2D eigenvalue weighted by atomic mass is 9.73. The molecule has 8 nitrogen and oxygen atoms in total. The van der Waals surface area contributed by atoms with Crippen LogP contribution in [0.1, 0.15) is 45.4 Å². The molecule has 1 saturated carbocycles. The Balaban J connectivity index is 1.47. The molecule has 4 aliphatic rings. The number of aliphatic hydroxyl groups excluding tert-OH is 1. The molecule has 4 rings (SSSR count). The molecule has 1 amide bonds. The van der Waals surface area contributed by atoms with Crippen molar-refractivity contribution in [1.82, 2.24) is 31.3 Å². The number of carbonyl (C=O) groups is 1. The van der Waals surface area contributed by atoms with Crippen molar-refractivity contribution < 1.29 is 23.1 Å². The third-order valence-corrected chi connectivity index (χ3v) is 8.36. The molecule has 0 aromatic carbocycles. The summed E-state index contributed by atoms with van der Waals surface area (Å²) in [5, 5.41) is 16.1. The average Bonchev–Trinajstić information content (AvgIpc) is 3.34. The average molecular weight is 477 g/mol. The Morgan fingerprint density at radius 3 is 2.73 bits per heavy atom. The number of hydrazine groups is 1. The quantitative estimate of drug-likeness (QED) is 0.375. The van der Waals surface area contributed by atoms with Crippen molar-refractivity contribution >= 4 is 5.91 Å². The summed E-state index contributed by atoms with van der Waals surface area (Å²) >= 11 is 0. The normalized spacial score (nSPS) is 39.2. The number of halogens is 3. The molecule has 1 aliphatic carbocycles. The molecular formula is C22H39F3N6O2. The van der Waals surface area contributed by atoms with Gasteiger partial charge in [0.15, 0.2) is 0 Å². The molecule has 33 heavy (non-hydrogen) atoms. The van der Waals surface area contributed by atoms with Crippen molar-refractivity contribution in [3.63, 3.8) is 0 Å². The molecule has 7 unspecified atom stereocenters. The van der Waals surface area contributed by atoms with Crippen LogP contribution in [0.25, 0.3) is 0 Å². The number of hydrogen-bond donors (Lipinski definition) is 5. The minimum Gasteiger partial charge on any atom is -0.395 e. The van der Waals surface area contributed by atoms with Gasteiger partial charge in [-0.1, -0.05) is 13.3 Å². The van der Waals surface area contributed by atoms with Crippen molar-refractivity contribution in [2.75, 3.05) is 33.4 Å². The number of fused-ring (bicyclic) bond motifs is 1. The third-order valence-electron chi connectivity index (χ3n) is 8.36. The van der Waals surface area contributed by atoms with Gasteiger partial charge in [0.05, 0.1) is 37.7 Å². The van der Waals surface area contributed by atoms with Crippen LogP contribution in [0.3, 0.4) is 0 Å². The fourth-order valence-electron chi connectivity index (χ4n) is 6.45. The monoisotopic (exact) mass is 476 g/mol. The number of alkyl halides is 3. The Bertz CT molecular complexity index is 683. The Morgan fingerprint density at radius 2 is 2.06 bits per heavy atom. The van der Waals surface area contributed by atoms with E-state index in [1.165, 1.54) is 0 Å². The van der Waals surface area contributed by atoms with Crippen LogP contribution in [0.15, 0.2) is 0 Å². The molecule has 3 heterocycles. The van der Waals surface area contributed by atoms with Gasteiger partial charge in [-0.05, 0) is 56.9 Å². The van der Waals surface area contributed by atoms with Crippen molar-refractivity contribution in [2.45, 2.75) is 70.1 Å². The molecule has 5 N–H and O–H groups in total. The highest BCUT2D eigenvalue weighted by Crippen LogP contribution is 2.48. The van der Waals surface area contributed by atoms with Gasteiger partial charge in [0.1, 0.15) is 0 Å². The molecule has 3 aliphatic heterocycles. The molecule has 4 fully saturated rings. The molecule has 0 spiro atoms. The molecule has 0 aromatic rings. The van der Waals surface area contributed by atoms with Crippen LogP contribution in [0.5, 0.6) is 0 Å². The van der Waals surface area contributed by atoms with E-state index < -0.39 is 23.9 Å². The van der Waals surface area contributed by atoms with E-state index in [1.54, 1.807) is 4.90 Å². The second-order valence-corrected chi connectivity index (χ2v) is 10.4. The van der Waals surface area contributed by atoms with Gasteiger partial charge >= 0.3 is 6.18 Å². The number of nitrogens with zero attached hydrogens (tertiary/aromatic N) is 2. The van der Waals surface area contributed by atoms with E-state index in [9.17, 15) is 23.1 Å². The van der Waals surface area contributed by atoms with Crippen LogP contribution in [0, 0.1) is 29.6 Å². The van der Waals surface area contributed by atoms with E-state index in [2.05, 4.69) is 40.4 Å². The minimum atomic E-state index is -4.25. The van der Waals surface area contributed by atoms with Gasteiger partial charge in [0.2, 0.25) is 5.91 Å². The highest BCUT2D eigenvalue weighted by molar-refractivity contribution is 5.82. The number of piperidine rings is 1. The van der Waals surface area contributed by atoms with E-state index in [4.69, 9.17) is 0 Å². The summed E-state index contributed by atoms with van der Waals surface area (Å²) in [7, 11) is 2.06. The first-order valence-electron chi connectivity index (χ1n) is 12.3. The Hall–Kier alpha value is -0.980. The zero-order chi connectivity index (χ0) is 23.8. The van der Waals surface area contributed by atoms with Crippen LogP contribution in [-0.4, -0.2) is 78.9 Å². The maximum absolute atomic E-state index is 13.7. The lowest BCUT2D eigenvalue weighted by Crippen LogP contribution is -2.60. The van der Waals surface area contributed by atoms with Gasteiger partial charge in [0.25, 0.3) is 0 Å². The molecule has 0 radical (unpaired) electrons. The van der Waals surface area contributed by atoms with Crippen LogP contribution >= 0.6 is 0 Å². The van der Waals surface area contributed by atoms with Crippen LogP contribution in [0.2, 0.25) is 0 Å². The number of rotatable bonds is 7. The van der Waals surface area contributed by atoms with Crippen LogP contribution in [0.4, 0.5) is 13.2 Å². The fraction of sp³-hybridized carbons (Fsp3) is 0.955. The van der Waals surface area contributed by atoms with E-state index in [1.807, 2.05) is 0 Å². The molecule has 190 valence electrons. The standard InChI is InChI=1S/C22H39F3N6O2/c1-13(8-20-29-27-12-30(20)2)14-9-18(26-6-7-32)28-19(10-14)31-11-16-15(21(31)33)4-3-5-17(16)22(23,24)25/h13-20,26-29,32H,3-12H2,1-2H3/t13-,14?,15?,16?,17?,18?,19?,20?/m1/s1. The van der Waals surface area contributed by atoms with Gasteiger partial charge in [0, 0.05) is 19.0 Å². The number of amides is 1. The first-order chi connectivity index (χ1) is 15.7. The fourth-order valence-corrected chi connectivity index (χ4v) is 6.45. The molecular weight excluding hydrogens is 437 g/mol. The molecule has 0 aromatic heterocycles. The first-order valence-corrected chi connectivity index (χ1v) is 12.3. The second kappa shape index (κ2) is 10.3. The van der Waals surface area contributed by atoms with Gasteiger partial charge in [-0.2, -0.15) is 13.2 Å². The smallest absolute Gasteiger partial charge is 0.392 e. The minimum absolute atomic E-state index is 0.00554. The predicted octanol–water partition coefficient (Wildman–Crippen LogP) is 1.01. The summed E-state index contributed by atoms with van der Waals surface area (Å²) in [4.78, 5) is 17.2. The topological polar surface area (TPSA) is 91.9 Å². The van der Waals surface area contributed by atoms with Crippen LogP contribution < -0.4 is 21.5 Å². The number of nitrogens with one attached hydrogen (secondary N) is 4. The first kappa shape index (κ1) is 25.1. The predicted molar refractivity (Wildman–Crippen MR) is 117 cm³/mol. The number of hydrogen-bond acceptors (Lipinski definition) is 7. The second-order valence-electron chi connectivity index (χ2n) is 10.4. The van der Waals surface area contributed by atoms with Gasteiger partial charge in [-0.25, -0.2) is 10.9 Å². The maximum atomic E-state index is 13.7. The number of likely N-dealkylation sites (tertiary alicyclic amines) is 1. The highest BCUT2D eigenvalue weighted by Gasteiger charge is 2.56. The molecule has 8 atom stereocenters. The summed E-state index contributed by atoms with van der Waals surface area (Å²) < 4.78 is 41.0. The Morgan fingerprint density at radius 1 is 1.27 bits per heavy atom. The number of carbonyl (C=O) groups excluding carboxylic acids is 1. The van der Waals surface area contributed by atoms with Gasteiger partial charge in [-0.3, -0.25) is 20.3 Å². The largest absolute Gasteiger partial charge is 0.395 e. The maximum Gasteiger partial charge on any atom is 0.392 e. The van der Waals surface area contributed by atoms with Gasteiger partial charge in [-0.15, -0.1) is 0 Å². The number of aliphatic hydroxyl groups is 1. The molecule has 11 heteroatoms. The van der Waals surface area contributed by atoms with Crippen molar-refractivity contribution in [1.29, 1.82) is 0 Å². The Labute approximate surface area is 194 Å². The van der Waals surface area contributed by atoms with Crippen molar-refractivity contribution in [2.24, 2.45) is 29.6 Å². The van der Waals surface area contributed by atoms with E-state index in [0.29, 0.717) is 31.2 Å². The van der Waals surface area contributed by atoms with Crippen LogP contribution in [-0.2, 0) is 4.79 Å². The van der Waals surface area contributed by atoms with Gasteiger partial charge < -0.3 is 10.0 Å². The summed E-state index contributed by atoms with van der Waals surface area (Å²) in [5.41, 5.74) is 6.44.